The largest absolute Gasteiger partial charge is 0.356 e. The quantitative estimate of drug-likeness (QED) is 0.518. The van der Waals surface area contributed by atoms with Gasteiger partial charge in [0.25, 0.3) is 5.91 Å². The third-order valence-corrected chi connectivity index (χ3v) is 6.09. The molecule has 6 heteroatoms. The van der Waals surface area contributed by atoms with Crippen LogP contribution in [0, 0.1) is 0 Å². The van der Waals surface area contributed by atoms with Crippen molar-refractivity contribution in [2.75, 3.05) is 34.2 Å². The molecular weight excluding hydrogens is 398 g/mol. The molecule has 1 aliphatic heterocycles. The molecule has 0 aliphatic carbocycles. The molecule has 1 fully saturated rings. The predicted molar refractivity (Wildman–Crippen MR) is 132 cm³/mol. The first-order chi connectivity index (χ1) is 15.5. The van der Waals surface area contributed by atoms with Gasteiger partial charge in [-0.25, -0.2) is 0 Å². The lowest BCUT2D eigenvalue weighted by Gasteiger charge is -2.38. The Morgan fingerprint density at radius 2 is 1.88 bits per heavy atom. The fraction of sp³-hybridized carbons (Fsp3) is 0.462. The van der Waals surface area contributed by atoms with Gasteiger partial charge in [-0.1, -0.05) is 42.5 Å². The van der Waals surface area contributed by atoms with Gasteiger partial charge in [0.1, 0.15) is 0 Å². The molecule has 172 valence electrons. The molecule has 0 bridgehead atoms. The topological polar surface area (TPSA) is 60.0 Å². The molecule has 32 heavy (non-hydrogen) atoms. The Kier molecular flexibility index (Phi) is 8.68. The minimum Gasteiger partial charge on any atom is -0.356 e. The standard InChI is InChI=1S/C26H37N5O/c1-20-17-24(14-16-31(20)19-22-9-6-5-7-10-22)29-26(27-2)28-15-13-21-11-8-12-23(18-21)25(32)30(3)4/h5-12,18,20,24H,13-17,19H2,1-4H3,(H2,27,28,29). The Morgan fingerprint density at radius 1 is 1.12 bits per heavy atom. The van der Waals surface area contributed by atoms with Crippen LogP contribution in [-0.2, 0) is 13.0 Å². The number of nitrogens with zero attached hydrogens (tertiary/aromatic N) is 3. The van der Waals surface area contributed by atoms with Gasteiger partial charge in [0.15, 0.2) is 5.96 Å². The van der Waals surface area contributed by atoms with Crippen LogP contribution in [0.1, 0.15) is 41.3 Å². The van der Waals surface area contributed by atoms with Crippen molar-refractivity contribution < 1.29 is 4.79 Å². The van der Waals surface area contributed by atoms with E-state index >= 15 is 0 Å². The van der Waals surface area contributed by atoms with Gasteiger partial charge in [-0.3, -0.25) is 14.7 Å². The maximum absolute atomic E-state index is 12.2. The van der Waals surface area contributed by atoms with E-state index in [1.165, 1.54) is 5.56 Å². The van der Waals surface area contributed by atoms with Crippen molar-refractivity contribution in [3.05, 3.63) is 71.3 Å². The average molecular weight is 436 g/mol. The summed E-state index contributed by atoms with van der Waals surface area (Å²) in [6, 6.07) is 19.5. The molecule has 2 N–H and O–H groups in total. The van der Waals surface area contributed by atoms with Crippen LogP contribution in [0.25, 0.3) is 0 Å². The van der Waals surface area contributed by atoms with Gasteiger partial charge in [0.05, 0.1) is 0 Å². The van der Waals surface area contributed by atoms with Crippen molar-refractivity contribution in [1.29, 1.82) is 0 Å². The molecule has 6 nitrogen and oxygen atoms in total. The summed E-state index contributed by atoms with van der Waals surface area (Å²) in [6.07, 6.45) is 3.04. The van der Waals surface area contributed by atoms with Crippen molar-refractivity contribution in [2.45, 2.75) is 44.8 Å². The highest BCUT2D eigenvalue weighted by atomic mass is 16.2. The summed E-state index contributed by atoms with van der Waals surface area (Å²) >= 11 is 0. The maximum Gasteiger partial charge on any atom is 0.253 e. The Balaban J connectivity index is 1.44. The number of nitrogens with one attached hydrogen (secondary N) is 2. The summed E-state index contributed by atoms with van der Waals surface area (Å²) in [4.78, 5) is 20.8. The van der Waals surface area contributed by atoms with Crippen LogP contribution in [0.2, 0.25) is 0 Å². The molecule has 2 aromatic rings. The van der Waals surface area contributed by atoms with Crippen LogP contribution >= 0.6 is 0 Å². The van der Waals surface area contributed by atoms with Crippen LogP contribution in [-0.4, -0.2) is 68.0 Å². The van der Waals surface area contributed by atoms with Gasteiger partial charge in [0.2, 0.25) is 0 Å². The lowest BCUT2D eigenvalue weighted by Crippen LogP contribution is -2.51. The number of benzene rings is 2. The summed E-state index contributed by atoms with van der Waals surface area (Å²) in [5.41, 5.74) is 3.24. The van der Waals surface area contributed by atoms with Crippen LogP contribution in [0.4, 0.5) is 0 Å². The number of aliphatic imine (C=N–C) groups is 1. The van der Waals surface area contributed by atoms with Gasteiger partial charge in [-0.15, -0.1) is 0 Å². The molecular formula is C26H37N5O. The Hall–Kier alpha value is -2.86. The normalized spacial score (nSPS) is 19.4. The van der Waals surface area contributed by atoms with E-state index in [0.717, 1.165) is 56.0 Å². The van der Waals surface area contributed by atoms with E-state index in [1.807, 2.05) is 25.2 Å². The van der Waals surface area contributed by atoms with Gasteiger partial charge in [-0.2, -0.15) is 0 Å². The molecule has 1 aliphatic rings. The lowest BCUT2D eigenvalue weighted by molar-refractivity contribution is 0.0827. The summed E-state index contributed by atoms with van der Waals surface area (Å²) in [5.74, 6) is 0.879. The number of carbonyl (C=O) groups is 1. The van der Waals surface area contributed by atoms with E-state index in [1.54, 1.807) is 19.0 Å². The SMILES string of the molecule is CN=C(NCCc1cccc(C(=O)N(C)C)c1)NC1CCN(Cc2ccccc2)C(C)C1. The van der Waals surface area contributed by atoms with Gasteiger partial charge >= 0.3 is 0 Å². The number of piperidine rings is 1. The number of likely N-dealkylation sites (tertiary alicyclic amines) is 1. The number of rotatable bonds is 7. The molecule has 2 aromatic carbocycles. The Bertz CT molecular complexity index is 896. The van der Waals surface area contributed by atoms with Crippen LogP contribution in [0.3, 0.4) is 0 Å². The van der Waals surface area contributed by atoms with Crippen LogP contribution in [0.5, 0.6) is 0 Å². The van der Waals surface area contributed by atoms with Crippen molar-refractivity contribution in [1.82, 2.24) is 20.4 Å². The summed E-state index contributed by atoms with van der Waals surface area (Å²) in [7, 11) is 5.37. The fourth-order valence-corrected chi connectivity index (χ4v) is 4.24. The molecule has 2 unspecified atom stereocenters. The van der Waals surface area contributed by atoms with Gasteiger partial charge in [-0.05, 0) is 49.4 Å². The number of amides is 1. The van der Waals surface area contributed by atoms with E-state index in [0.29, 0.717) is 12.1 Å². The smallest absolute Gasteiger partial charge is 0.253 e. The molecule has 2 atom stereocenters. The number of hydrogen-bond donors (Lipinski definition) is 2. The van der Waals surface area contributed by atoms with E-state index in [4.69, 9.17) is 0 Å². The van der Waals surface area contributed by atoms with Crippen molar-refractivity contribution >= 4 is 11.9 Å². The molecule has 0 radical (unpaired) electrons. The van der Waals surface area contributed by atoms with E-state index in [2.05, 4.69) is 63.8 Å². The number of guanidine groups is 1. The van der Waals surface area contributed by atoms with E-state index in [-0.39, 0.29) is 5.91 Å². The number of carbonyl (C=O) groups excluding carboxylic acids is 1. The zero-order valence-corrected chi connectivity index (χ0v) is 19.8. The molecule has 0 spiro atoms. The highest BCUT2D eigenvalue weighted by Gasteiger charge is 2.25. The van der Waals surface area contributed by atoms with E-state index in [9.17, 15) is 4.79 Å². The first-order valence-electron chi connectivity index (χ1n) is 11.5. The third-order valence-electron chi connectivity index (χ3n) is 6.09. The Morgan fingerprint density at radius 3 is 2.56 bits per heavy atom. The zero-order chi connectivity index (χ0) is 22.9. The van der Waals surface area contributed by atoms with E-state index < -0.39 is 0 Å². The molecule has 1 saturated heterocycles. The molecule has 3 rings (SSSR count). The third kappa shape index (κ3) is 6.82. The van der Waals surface area contributed by atoms with Gasteiger partial charge < -0.3 is 15.5 Å². The van der Waals surface area contributed by atoms with Crippen molar-refractivity contribution in [3.8, 4) is 0 Å². The maximum atomic E-state index is 12.2. The van der Waals surface area contributed by atoms with Gasteiger partial charge in [0, 0.05) is 58.4 Å². The lowest BCUT2D eigenvalue weighted by atomic mass is 9.97. The second kappa shape index (κ2) is 11.7. The molecule has 0 saturated carbocycles. The first kappa shape index (κ1) is 23.8. The zero-order valence-electron chi connectivity index (χ0n) is 19.8. The Labute approximate surface area is 192 Å². The highest BCUT2D eigenvalue weighted by Crippen LogP contribution is 2.20. The molecule has 0 aromatic heterocycles. The summed E-state index contributed by atoms with van der Waals surface area (Å²) in [6.45, 7) is 5.17. The molecule has 1 amide bonds. The number of hydrogen-bond acceptors (Lipinski definition) is 3. The summed E-state index contributed by atoms with van der Waals surface area (Å²) < 4.78 is 0. The second-order valence-corrected chi connectivity index (χ2v) is 8.82. The summed E-state index contributed by atoms with van der Waals surface area (Å²) in [5, 5.41) is 7.04. The molecule has 1 heterocycles. The van der Waals surface area contributed by atoms with Crippen molar-refractivity contribution in [3.63, 3.8) is 0 Å². The fourth-order valence-electron chi connectivity index (χ4n) is 4.24. The monoisotopic (exact) mass is 435 g/mol. The van der Waals surface area contributed by atoms with Crippen LogP contribution in [0.15, 0.2) is 59.6 Å². The average Bonchev–Trinajstić information content (AvgIpc) is 2.80. The first-order valence-corrected chi connectivity index (χ1v) is 11.5. The predicted octanol–water partition coefficient (Wildman–Crippen LogP) is 3.15. The minimum atomic E-state index is 0.0324. The second-order valence-electron chi connectivity index (χ2n) is 8.82. The van der Waals surface area contributed by atoms with Crippen LogP contribution < -0.4 is 10.6 Å². The highest BCUT2D eigenvalue weighted by molar-refractivity contribution is 5.94. The van der Waals surface area contributed by atoms with Crippen molar-refractivity contribution in [2.24, 2.45) is 4.99 Å². The minimum absolute atomic E-state index is 0.0324.